The largest absolute Gasteiger partial charge is 0.346 e. The van der Waals surface area contributed by atoms with E-state index in [9.17, 15) is 12.8 Å². The van der Waals surface area contributed by atoms with Gasteiger partial charge in [-0.2, -0.15) is 0 Å². The van der Waals surface area contributed by atoms with E-state index in [1.807, 2.05) is 0 Å². The second kappa shape index (κ2) is 5.55. The van der Waals surface area contributed by atoms with Crippen LogP contribution in [0.5, 0.6) is 0 Å². The van der Waals surface area contributed by atoms with Crippen LogP contribution in [0.25, 0.3) is 0 Å². The molecule has 0 amide bonds. The summed E-state index contributed by atoms with van der Waals surface area (Å²) in [5, 5.41) is 0. The van der Waals surface area contributed by atoms with Crippen LogP contribution in [-0.4, -0.2) is 21.6 Å². The van der Waals surface area contributed by atoms with Crippen molar-refractivity contribution in [2.75, 3.05) is 13.2 Å². The quantitative estimate of drug-likeness (QED) is 0.875. The fourth-order valence-corrected chi connectivity index (χ4v) is 3.74. The molecule has 0 aliphatic carbocycles. The molecule has 1 aliphatic heterocycles. The molecular formula is C15H13FO4S. The highest BCUT2D eigenvalue weighted by atomic mass is 32.2. The highest BCUT2D eigenvalue weighted by Gasteiger charge is 2.31. The lowest BCUT2D eigenvalue weighted by atomic mass is 10.2. The van der Waals surface area contributed by atoms with Crippen LogP contribution in [0.4, 0.5) is 4.39 Å². The topological polar surface area (TPSA) is 52.6 Å². The van der Waals surface area contributed by atoms with Crippen molar-refractivity contribution in [2.24, 2.45) is 0 Å². The van der Waals surface area contributed by atoms with Crippen LogP contribution in [0.1, 0.15) is 11.9 Å². The van der Waals surface area contributed by atoms with Gasteiger partial charge in [0, 0.05) is 0 Å². The third-order valence-corrected chi connectivity index (χ3v) is 5.04. The van der Waals surface area contributed by atoms with Crippen molar-refractivity contribution in [3.05, 3.63) is 59.9 Å². The van der Waals surface area contributed by atoms with Crippen molar-refractivity contribution < 1.29 is 22.3 Å². The zero-order valence-electron chi connectivity index (χ0n) is 11.0. The zero-order valence-corrected chi connectivity index (χ0v) is 11.8. The van der Waals surface area contributed by atoms with Gasteiger partial charge >= 0.3 is 0 Å². The third-order valence-electron chi connectivity index (χ3n) is 3.21. The van der Waals surface area contributed by atoms with Gasteiger partial charge in [-0.3, -0.25) is 0 Å². The maximum atomic E-state index is 14.1. The van der Waals surface area contributed by atoms with Gasteiger partial charge in [0.15, 0.2) is 6.29 Å². The van der Waals surface area contributed by atoms with Crippen LogP contribution < -0.4 is 0 Å². The molecule has 0 spiro atoms. The molecule has 0 unspecified atom stereocenters. The van der Waals surface area contributed by atoms with Crippen molar-refractivity contribution in [3.8, 4) is 0 Å². The first-order valence-electron chi connectivity index (χ1n) is 6.42. The molecule has 3 rings (SSSR count). The first-order valence-corrected chi connectivity index (χ1v) is 7.91. The summed E-state index contributed by atoms with van der Waals surface area (Å²) in [6, 6.07) is 11.8. The molecule has 0 saturated carbocycles. The molecule has 0 radical (unpaired) electrons. The molecule has 1 aliphatic rings. The van der Waals surface area contributed by atoms with Crippen LogP contribution in [0.3, 0.4) is 0 Å². The van der Waals surface area contributed by atoms with Crippen molar-refractivity contribution in [2.45, 2.75) is 16.1 Å². The molecule has 1 saturated heterocycles. The molecule has 1 fully saturated rings. The van der Waals surface area contributed by atoms with E-state index < -0.39 is 21.9 Å². The monoisotopic (exact) mass is 308 g/mol. The van der Waals surface area contributed by atoms with Crippen molar-refractivity contribution in [1.29, 1.82) is 0 Å². The van der Waals surface area contributed by atoms with Gasteiger partial charge in [-0.15, -0.1) is 0 Å². The fraction of sp³-hybridized carbons (Fsp3) is 0.200. The minimum absolute atomic E-state index is 0.0705. The Morgan fingerprint density at radius 3 is 2.29 bits per heavy atom. The predicted octanol–water partition coefficient (Wildman–Crippen LogP) is 2.70. The average molecular weight is 308 g/mol. The Hall–Kier alpha value is -1.76. The Kier molecular flexibility index (Phi) is 3.75. The smallest absolute Gasteiger partial charge is 0.207 e. The van der Waals surface area contributed by atoms with Crippen LogP contribution >= 0.6 is 0 Å². The number of sulfone groups is 1. The van der Waals surface area contributed by atoms with Crippen molar-refractivity contribution in [3.63, 3.8) is 0 Å². The summed E-state index contributed by atoms with van der Waals surface area (Å²) < 4.78 is 50.0. The van der Waals surface area contributed by atoms with Crippen LogP contribution in [0.15, 0.2) is 58.3 Å². The maximum Gasteiger partial charge on any atom is 0.207 e. The standard InChI is InChI=1S/C15H13FO4S/c16-12-7-4-8-13(14(12)15-19-9-10-20-15)21(17,18)11-5-2-1-3-6-11/h1-8,15H,9-10H2. The molecule has 4 nitrogen and oxygen atoms in total. The Morgan fingerprint density at radius 1 is 0.952 bits per heavy atom. The number of hydrogen-bond donors (Lipinski definition) is 0. The predicted molar refractivity (Wildman–Crippen MR) is 72.9 cm³/mol. The highest BCUT2D eigenvalue weighted by molar-refractivity contribution is 7.91. The van der Waals surface area contributed by atoms with E-state index >= 15 is 0 Å². The number of halogens is 1. The lowest BCUT2D eigenvalue weighted by molar-refractivity contribution is -0.0486. The minimum atomic E-state index is -3.83. The Morgan fingerprint density at radius 2 is 1.62 bits per heavy atom. The van der Waals surface area contributed by atoms with Gasteiger partial charge in [0.2, 0.25) is 9.84 Å². The first kappa shape index (κ1) is 14.2. The number of benzene rings is 2. The van der Waals surface area contributed by atoms with E-state index in [0.29, 0.717) is 13.2 Å². The average Bonchev–Trinajstić information content (AvgIpc) is 3.02. The van der Waals surface area contributed by atoms with E-state index in [4.69, 9.17) is 9.47 Å². The molecule has 1 heterocycles. The zero-order chi connectivity index (χ0) is 14.9. The molecule has 0 N–H and O–H groups in total. The normalized spacial score (nSPS) is 16.2. The summed E-state index contributed by atoms with van der Waals surface area (Å²) in [5.74, 6) is -0.654. The molecule has 0 atom stereocenters. The Bertz CT molecular complexity index is 738. The number of rotatable bonds is 3. The third kappa shape index (κ3) is 2.57. The van der Waals surface area contributed by atoms with Gasteiger partial charge in [-0.25, -0.2) is 12.8 Å². The van der Waals surface area contributed by atoms with E-state index in [1.54, 1.807) is 18.2 Å². The molecule has 2 aromatic rings. The minimum Gasteiger partial charge on any atom is -0.346 e. The lowest BCUT2D eigenvalue weighted by Gasteiger charge is -2.15. The SMILES string of the molecule is O=S(=O)(c1ccccc1)c1cccc(F)c1C1OCCO1. The van der Waals surface area contributed by atoms with Crippen LogP contribution in [-0.2, 0) is 19.3 Å². The number of hydrogen-bond acceptors (Lipinski definition) is 4. The van der Waals surface area contributed by atoms with Crippen molar-refractivity contribution >= 4 is 9.84 Å². The molecule has 0 aromatic heterocycles. The fourth-order valence-electron chi connectivity index (χ4n) is 2.23. The van der Waals surface area contributed by atoms with Gasteiger partial charge in [-0.1, -0.05) is 24.3 Å². The molecule has 21 heavy (non-hydrogen) atoms. The van der Waals surface area contributed by atoms with E-state index in [-0.39, 0.29) is 15.4 Å². The Labute approximate surface area is 122 Å². The summed E-state index contributed by atoms with van der Waals surface area (Å²) in [5.41, 5.74) is -0.0705. The van der Waals surface area contributed by atoms with Gasteiger partial charge in [0.1, 0.15) is 5.82 Å². The molecule has 6 heteroatoms. The van der Waals surface area contributed by atoms with Crippen LogP contribution in [0, 0.1) is 5.82 Å². The highest BCUT2D eigenvalue weighted by Crippen LogP contribution is 2.34. The molecule has 2 aromatic carbocycles. The summed E-state index contributed by atoms with van der Waals surface area (Å²) in [6.45, 7) is 0.619. The molecule has 110 valence electrons. The summed E-state index contributed by atoms with van der Waals surface area (Å²) in [6.07, 6.45) is -0.986. The van der Waals surface area contributed by atoms with Crippen molar-refractivity contribution in [1.82, 2.24) is 0 Å². The van der Waals surface area contributed by atoms with E-state index in [1.165, 1.54) is 30.3 Å². The first-order chi connectivity index (χ1) is 10.1. The Balaban J connectivity index is 2.17. The maximum absolute atomic E-state index is 14.1. The van der Waals surface area contributed by atoms with Crippen LogP contribution in [0.2, 0.25) is 0 Å². The lowest BCUT2D eigenvalue weighted by Crippen LogP contribution is -2.11. The number of ether oxygens (including phenoxy) is 2. The summed E-state index contributed by atoms with van der Waals surface area (Å²) in [7, 11) is -3.83. The van der Waals surface area contributed by atoms with Gasteiger partial charge in [-0.05, 0) is 24.3 Å². The van der Waals surface area contributed by atoms with Gasteiger partial charge in [0.05, 0.1) is 28.6 Å². The molecule has 0 bridgehead atoms. The second-order valence-corrected chi connectivity index (χ2v) is 6.46. The van der Waals surface area contributed by atoms with E-state index in [2.05, 4.69) is 0 Å². The second-order valence-electron chi connectivity index (χ2n) is 4.54. The van der Waals surface area contributed by atoms with Gasteiger partial charge in [0.25, 0.3) is 0 Å². The summed E-state index contributed by atoms with van der Waals surface area (Å²) in [4.78, 5) is -0.0181. The van der Waals surface area contributed by atoms with E-state index in [0.717, 1.165) is 0 Å². The summed E-state index contributed by atoms with van der Waals surface area (Å²) >= 11 is 0. The van der Waals surface area contributed by atoms with Gasteiger partial charge < -0.3 is 9.47 Å². The molecular weight excluding hydrogens is 295 g/mol.